The van der Waals surface area contributed by atoms with Crippen molar-refractivity contribution in [1.29, 1.82) is 0 Å². The summed E-state index contributed by atoms with van der Waals surface area (Å²) in [5, 5.41) is 16.3. The minimum Gasteiger partial charge on any atom is -0.493 e. The molecule has 2 atom stereocenters. The van der Waals surface area contributed by atoms with E-state index in [0.29, 0.717) is 32.3 Å². The maximum absolute atomic E-state index is 6.02. The Hall–Kier alpha value is -1.99. The Kier molecular flexibility index (Phi) is 6.67. The van der Waals surface area contributed by atoms with Crippen LogP contribution in [0.1, 0.15) is 64.5 Å². The molecule has 0 aliphatic carbocycles. The van der Waals surface area contributed by atoms with E-state index in [0.717, 1.165) is 23.6 Å². The second kappa shape index (κ2) is 9.01. The monoisotopic (exact) mass is 387 g/mol. The molecule has 2 heterocycles. The molecule has 1 aliphatic heterocycles. The van der Waals surface area contributed by atoms with E-state index in [4.69, 9.17) is 9.47 Å². The fourth-order valence-electron chi connectivity index (χ4n) is 3.38. The number of benzene rings is 1. The lowest BCUT2D eigenvalue weighted by Gasteiger charge is -2.44. The second-order valence-electron chi connectivity index (χ2n) is 8.51. The molecule has 1 saturated heterocycles. The van der Waals surface area contributed by atoms with Crippen molar-refractivity contribution in [3.8, 4) is 5.75 Å². The average molecular weight is 388 g/mol. The van der Waals surface area contributed by atoms with Crippen molar-refractivity contribution >= 4 is 0 Å². The SMILES string of the molecule is CCC(C)n1nnnc1C(NCc1ccccc1OCC(C)C)C1(C)COC1. The molecule has 7 heteroatoms. The fourth-order valence-corrected chi connectivity index (χ4v) is 3.38. The summed E-state index contributed by atoms with van der Waals surface area (Å²) in [5.74, 6) is 2.29. The van der Waals surface area contributed by atoms with Crippen LogP contribution in [0, 0.1) is 11.3 Å². The molecular weight excluding hydrogens is 354 g/mol. The molecule has 1 aromatic heterocycles. The number of ether oxygens (including phenoxy) is 2. The van der Waals surface area contributed by atoms with Gasteiger partial charge in [-0.1, -0.05) is 45.9 Å². The molecule has 0 saturated carbocycles. The molecule has 3 rings (SSSR count). The van der Waals surface area contributed by atoms with Gasteiger partial charge in [0.2, 0.25) is 0 Å². The molecule has 1 N–H and O–H groups in total. The molecule has 2 unspecified atom stereocenters. The lowest BCUT2D eigenvalue weighted by Crippen LogP contribution is -2.50. The van der Waals surface area contributed by atoms with Gasteiger partial charge in [-0.2, -0.15) is 0 Å². The number of hydrogen-bond donors (Lipinski definition) is 1. The molecule has 1 fully saturated rings. The summed E-state index contributed by atoms with van der Waals surface area (Å²) < 4.78 is 13.5. The quantitative estimate of drug-likeness (QED) is 0.672. The van der Waals surface area contributed by atoms with Gasteiger partial charge in [0, 0.05) is 17.5 Å². The molecule has 28 heavy (non-hydrogen) atoms. The number of nitrogens with zero attached hydrogens (tertiary/aromatic N) is 4. The summed E-state index contributed by atoms with van der Waals surface area (Å²) in [6.45, 7) is 13.6. The first kappa shape index (κ1) is 20.7. The summed E-state index contributed by atoms with van der Waals surface area (Å²) in [4.78, 5) is 0. The molecule has 2 aromatic rings. The van der Waals surface area contributed by atoms with Crippen molar-refractivity contribution in [2.75, 3.05) is 19.8 Å². The van der Waals surface area contributed by atoms with Crippen molar-refractivity contribution in [2.24, 2.45) is 11.3 Å². The minimum atomic E-state index is -0.0341. The number of rotatable bonds is 10. The highest BCUT2D eigenvalue weighted by atomic mass is 16.5. The number of hydrogen-bond acceptors (Lipinski definition) is 6. The Morgan fingerprint density at radius 2 is 2.00 bits per heavy atom. The topological polar surface area (TPSA) is 74.1 Å². The molecule has 7 nitrogen and oxygen atoms in total. The van der Waals surface area contributed by atoms with Gasteiger partial charge in [0.25, 0.3) is 0 Å². The first-order valence-corrected chi connectivity index (χ1v) is 10.2. The summed E-state index contributed by atoms with van der Waals surface area (Å²) in [6.07, 6.45) is 0.976. The van der Waals surface area contributed by atoms with Crippen LogP contribution in [0.25, 0.3) is 0 Å². The van der Waals surface area contributed by atoms with E-state index in [9.17, 15) is 0 Å². The van der Waals surface area contributed by atoms with Gasteiger partial charge >= 0.3 is 0 Å². The highest BCUT2D eigenvalue weighted by molar-refractivity contribution is 5.33. The van der Waals surface area contributed by atoms with E-state index < -0.39 is 0 Å². The highest BCUT2D eigenvalue weighted by Gasteiger charge is 2.45. The highest BCUT2D eigenvalue weighted by Crippen LogP contribution is 2.40. The maximum atomic E-state index is 6.02. The van der Waals surface area contributed by atoms with Gasteiger partial charge in [-0.25, -0.2) is 4.68 Å². The van der Waals surface area contributed by atoms with Crippen molar-refractivity contribution in [3.63, 3.8) is 0 Å². The zero-order valence-corrected chi connectivity index (χ0v) is 17.7. The number of aromatic nitrogens is 4. The van der Waals surface area contributed by atoms with Crippen molar-refractivity contribution < 1.29 is 9.47 Å². The van der Waals surface area contributed by atoms with Crippen molar-refractivity contribution in [2.45, 2.75) is 59.7 Å². The maximum Gasteiger partial charge on any atom is 0.169 e. The van der Waals surface area contributed by atoms with Crippen LogP contribution in [0.15, 0.2) is 24.3 Å². The van der Waals surface area contributed by atoms with Gasteiger partial charge in [-0.3, -0.25) is 0 Å². The van der Waals surface area contributed by atoms with Gasteiger partial charge < -0.3 is 14.8 Å². The molecule has 0 bridgehead atoms. The number of nitrogens with one attached hydrogen (secondary N) is 1. The number of tetrazole rings is 1. The normalized spacial score (nSPS) is 17.9. The largest absolute Gasteiger partial charge is 0.493 e. The van der Waals surface area contributed by atoms with Crippen LogP contribution in [0.5, 0.6) is 5.75 Å². The summed E-state index contributed by atoms with van der Waals surface area (Å²) >= 11 is 0. The van der Waals surface area contributed by atoms with Gasteiger partial charge in [0.15, 0.2) is 5.82 Å². The van der Waals surface area contributed by atoms with Crippen LogP contribution in [-0.4, -0.2) is 40.0 Å². The molecule has 0 radical (unpaired) electrons. The Morgan fingerprint density at radius 1 is 1.25 bits per heavy atom. The van der Waals surface area contributed by atoms with Gasteiger partial charge in [-0.15, -0.1) is 5.10 Å². The van der Waals surface area contributed by atoms with Crippen LogP contribution in [0.3, 0.4) is 0 Å². The number of para-hydroxylation sites is 1. The fraction of sp³-hybridized carbons (Fsp3) is 0.667. The van der Waals surface area contributed by atoms with E-state index in [1.54, 1.807) is 0 Å². The van der Waals surface area contributed by atoms with E-state index in [-0.39, 0.29) is 17.5 Å². The molecule has 0 amide bonds. The Morgan fingerprint density at radius 3 is 2.64 bits per heavy atom. The van der Waals surface area contributed by atoms with Crippen molar-refractivity contribution in [1.82, 2.24) is 25.5 Å². The Labute approximate surface area is 167 Å². The van der Waals surface area contributed by atoms with Gasteiger partial charge in [0.1, 0.15) is 5.75 Å². The minimum absolute atomic E-state index is 0.00315. The zero-order chi connectivity index (χ0) is 20.1. The average Bonchev–Trinajstić information content (AvgIpc) is 3.14. The van der Waals surface area contributed by atoms with Crippen LogP contribution in [-0.2, 0) is 11.3 Å². The third-order valence-corrected chi connectivity index (χ3v) is 5.39. The molecular formula is C21H33N5O2. The van der Waals surface area contributed by atoms with Gasteiger partial charge in [0.05, 0.1) is 31.9 Å². The van der Waals surface area contributed by atoms with Crippen LogP contribution in [0.2, 0.25) is 0 Å². The summed E-state index contributed by atoms with van der Waals surface area (Å²) in [5.41, 5.74) is 1.10. The van der Waals surface area contributed by atoms with E-state index >= 15 is 0 Å². The Balaban J connectivity index is 1.80. The third-order valence-electron chi connectivity index (χ3n) is 5.39. The third kappa shape index (κ3) is 4.52. The first-order valence-electron chi connectivity index (χ1n) is 10.2. The first-order chi connectivity index (χ1) is 13.4. The second-order valence-corrected chi connectivity index (χ2v) is 8.51. The van der Waals surface area contributed by atoms with Crippen LogP contribution >= 0.6 is 0 Å². The lowest BCUT2D eigenvalue weighted by atomic mass is 9.79. The molecule has 154 valence electrons. The van der Waals surface area contributed by atoms with Gasteiger partial charge in [-0.05, 0) is 35.8 Å². The molecule has 0 spiro atoms. The van der Waals surface area contributed by atoms with E-state index in [2.05, 4.69) is 61.5 Å². The molecule has 1 aromatic carbocycles. The predicted molar refractivity (Wildman–Crippen MR) is 108 cm³/mol. The Bertz CT molecular complexity index is 757. The summed E-state index contributed by atoms with van der Waals surface area (Å²) in [6, 6.07) is 8.46. The molecule has 1 aliphatic rings. The standard InChI is InChI=1S/C21H33N5O2/c1-6-16(4)26-20(23-24-25-26)19(21(5)13-27-14-21)22-11-17-9-7-8-10-18(17)28-12-15(2)3/h7-10,15-16,19,22H,6,11-14H2,1-5H3. The van der Waals surface area contributed by atoms with E-state index in [1.807, 2.05) is 22.9 Å². The predicted octanol–water partition coefficient (Wildman–Crippen LogP) is 3.55. The van der Waals surface area contributed by atoms with Crippen molar-refractivity contribution in [3.05, 3.63) is 35.7 Å². The smallest absolute Gasteiger partial charge is 0.169 e. The van der Waals surface area contributed by atoms with Crippen LogP contribution < -0.4 is 10.1 Å². The summed E-state index contributed by atoms with van der Waals surface area (Å²) in [7, 11) is 0. The van der Waals surface area contributed by atoms with E-state index in [1.165, 1.54) is 0 Å². The zero-order valence-electron chi connectivity index (χ0n) is 17.7. The van der Waals surface area contributed by atoms with Crippen LogP contribution in [0.4, 0.5) is 0 Å². The lowest BCUT2D eigenvalue weighted by molar-refractivity contribution is -0.124.